The minimum Gasteiger partial charge on any atom is -0.396 e. The Bertz CT molecular complexity index is 444. The standard InChI is InChI=1S/C12H16N2O5/c1-19-8-10(4-5-15)13-11-3-2-9(7-16)6-12(11)14(17)18/h2-3,6-7,10,13,15H,4-5,8H2,1H3. The number of nitrogens with one attached hydrogen (secondary N) is 1. The molecule has 0 fully saturated rings. The van der Waals surface area contributed by atoms with E-state index in [1.807, 2.05) is 0 Å². The van der Waals surface area contributed by atoms with Crippen LogP contribution in [-0.2, 0) is 4.74 Å². The molecule has 0 spiro atoms. The fourth-order valence-corrected chi connectivity index (χ4v) is 1.67. The van der Waals surface area contributed by atoms with Crippen molar-refractivity contribution in [3.63, 3.8) is 0 Å². The summed E-state index contributed by atoms with van der Waals surface area (Å²) in [6, 6.07) is 3.93. The molecule has 2 N–H and O–H groups in total. The number of nitro groups is 1. The summed E-state index contributed by atoms with van der Waals surface area (Å²) in [6.07, 6.45) is 0.956. The number of aldehydes is 1. The van der Waals surface area contributed by atoms with E-state index < -0.39 is 4.92 Å². The number of methoxy groups -OCH3 is 1. The van der Waals surface area contributed by atoms with Gasteiger partial charge in [-0.15, -0.1) is 0 Å². The maximum atomic E-state index is 11.0. The van der Waals surface area contributed by atoms with E-state index in [1.54, 1.807) is 0 Å². The number of anilines is 1. The van der Waals surface area contributed by atoms with Gasteiger partial charge in [0.25, 0.3) is 5.69 Å². The number of carbonyl (C=O) groups excluding carboxylic acids is 1. The Morgan fingerprint density at radius 3 is 2.84 bits per heavy atom. The maximum absolute atomic E-state index is 11.0. The Labute approximate surface area is 110 Å². The molecule has 1 aromatic rings. The zero-order chi connectivity index (χ0) is 14.3. The van der Waals surface area contributed by atoms with Crippen LogP contribution in [0.1, 0.15) is 16.8 Å². The molecule has 1 unspecified atom stereocenters. The van der Waals surface area contributed by atoms with Gasteiger partial charge in [-0.2, -0.15) is 0 Å². The van der Waals surface area contributed by atoms with Gasteiger partial charge < -0.3 is 15.2 Å². The van der Waals surface area contributed by atoms with Crippen LogP contribution >= 0.6 is 0 Å². The highest BCUT2D eigenvalue weighted by Gasteiger charge is 2.17. The van der Waals surface area contributed by atoms with Crippen LogP contribution in [0.15, 0.2) is 18.2 Å². The summed E-state index contributed by atoms with van der Waals surface area (Å²) in [5.41, 5.74) is 0.359. The fraction of sp³-hybridized carbons (Fsp3) is 0.417. The minimum atomic E-state index is -0.557. The first-order chi connectivity index (χ1) is 9.12. The van der Waals surface area contributed by atoms with Gasteiger partial charge in [0.15, 0.2) is 0 Å². The molecule has 0 radical (unpaired) electrons. The number of nitro benzene ring substituents is 1. The molecule has 0 aliphatic carbocycles. The second-order valence-corrected chi connectivity index (χ2v) is 3.96. The van der Waals surface area contributed by atoms with E-state index in [1.165, 1.54) is 25.3 Å². The number of aliphatic hydroxyl groups excluding tert-OH is 1. The molecule has 1 atom stereocenters. The second-order valence-electron chi connectivity index (χ2n) is 3.96. The number of aliphatic hydroxyl groups is 1. The predicted octanol–water partition coefficient (Wildman–Crippen LogP) is 1.22. The van der Waals surface area contributed by atoms with Crippen LogP contribution in [-0.4, -0.2) is 42.7 Å². The highest BCUT2D eigenvalue weighted by molar-refractivity contribution is 5.79. The molecule has 0 amide bonds. The molecule has 0 aliphatic rings. The van der Waals surface area contributed by atoms with Gasteiger partial charge in [0, 0.05) is 25.3 Å². The Kier molecular flexibility index (Phi) is 5.91. The minimum absolute atomic E-state index is 0.0543. The van der Waals surface area contributed by atoms with Crippen molar-refractivity contribution in [2.75, 3.05) is 25.6 Å². The fourth-order valence-electron chi connectivity index (χ4n) is 1.67. The highest BCUT2D eigenvalue weighted by atomic mass is 16.6. The van der Waals surface area contributed by atoms with E-state index in [4.69, 9.17) is 9.84 Å². The number of rotatable bonds is 8. The summed E-state index contributed by atoms with van der Waals surface area (Å²) in [7, 11) is 1.51. The zero-order valence-electron chi connectivity index (χ0n) is 10.5. The summed E-state index contributed by atoms with van der Waals surface area (Å²) in [6.45, 7) is 0.258. The van der Waals surface area contributed by atoms with Crippen LogP contribution in [0, 0.1) is 10.1 Å². The third kappa shape index (κ3) is 4.31. The zero-order valence-corrected chi connectivity index (χ0v) is 10.5. The molecule has 0 heterocycles. The van der Waals surface area contributed by atoms with Crippen LogP contribution in [0.3, 0.4) is 0 Å². The molecule has 1 rings (SSSR count). The van der Waals surface area contributed by atoms with Crippen LogP contribution < -0.4 is 5.32 Å². The monoisotopic (exact) mass is 268 g/mol. The van der Waals surface area contributed by atoms with E-state index in [0.717, 1.165) is 0 Å². The van der Waals surface area contributed by atoms with Gasteiger partial charge in [-0.1, -0.05) is 0 Å². The van der Waals surface area contributed by atoms with Gasteiger partial charge in [-0.05, 0) is 18.6 Å². The van der Waals surface area contributed by atoms with Gasteiger partial charge in [-0.25, -0.2) is 0 Å². The Balaban J connectivity index is 2.97. The maximum Gasteiger partial charge on any atom is 0.293 e. The van der Waals surface area contributed by atoms with Crippen molar-refractivity contribution in [2.45, 2.75) is 12.5 Å². The van der Waals surface area contributed by atoms with Crippen molar-refractivity contribution in [1.29, 1.82) is 0 Å². The molecule has 0 aliphatic heterocycles. The molecular formula is C12H16N2O5. The van der Waals surface area contributed by atoms with Crippen molar-refractivity contribution in [3.8, 4) is 0 Å². The molecule has 0 saturated heterocycles. The Morgan fingerprint density at radius 1 is 1.58 bits per heavy atom. The van der Waals surface area contributed by atoms with E-state index in [0.29, 0.717) is 25.0 Å². The molecule has 7 heteroatoms. The van der Waals surface area contributed by atoms with Gasteiger partial charge in [0.2, 0.25) is 0 Å². The smallest absolute Gasteiger partial charge is 0.293 e. The lowest BCUT2D eigenvalue weighted by molar-refractivity contribution is -0.384. The van der Waals surface area contributed by atoms with E-state index in [-0.39, 0.29) is 23.9 Å². The lowest BCUT2D eigenvalue weighted by Crippen LogP contribution is -2.26. The van der Waals surface area contributed by atoms with Crippen molar-refractivity contribution < 1.29 is 19.6 Å². The number of nitrogens with zero attached hydrogens (tertiary/aromatic N) is 1. The van der Waals surface area contributed by atoms with Crippen LogP contribution in [0.5, 0.6) is 0 Å². The lowest BCUT2D eigenvalue weighted by Gasteiger charge is -2.18. The number of hydrogen-bond donors (Lipinski definition) is 2. The van der Waals surface area contributed by atoms with E-state index in [9.17, 15) is 14.9 Å². The van der Waals surface area contributed by atoms with Crippen molar-refractivity contribution in [3.05, 3.63) is 33.9 Å². The SMILES string of the molecule is COCC(CCO)Nc1ccc(C=O)cc1[N+](=O)[O-]. The van der Waals surface area contributed by atoms with Crippen LogP contribution in [0.25, 0.3) is 0 Å². The van der Waals surface area contributed by atoms with Crippen molar-refractivity contribution >= 4 is 17.7 Å². The summed E-state index contributed by atoms with van der Waals surface area (Å²) in [5, 5.41) is 22.8. The number of ether oxygens (including phenoxy) is 1. The summed E-state index contributed by atoms with van der Waals surface area (Å²) < 4.78 is 4.97. The number of benzene rings is 1. The van der Waals surface area contributed by atoms with Crippen LogP contribution in [0.2, 0.25) is 0 Å². The third-order valence-electron chi connectivity index (χ3n) is 2.56. The Morgan fingerprint density at radius 2 is 2.32 bits per heavy atom. The summed E-state index contributed by atoms with van der Waals surface area (Å²) in [5.74, 6) is 0. The average Bonchev–Trinajstić information content (AvgIpc) is 2.39. The van der Waals surface area contributed by atoms with Crippen LogP contribution in [0.4, 0.5) is 11.4 Å². The van der Waals surface area contributed by atoms with Gasteiger partial charge >= 0.3 is 0 Å². The first-order valence-corrected chi connectivity index (χ1v) is 5.72. The van der Waals surface area contributed by atoms with E-state index >= 15 is 0 Å². The molecule has 0 saturated carbocycles. The first kappa shape index (κ1) is 15.1. The molecule has 1 aromatic carbocycles. The van der Waals surface area contributed by atoms with E-state index in [2.05, 4.69) is 5.32 Å². The molecule has 0 bridgehead atoms. The molecule has 19 heavy (non-hydrogen) atoms. The summed E-state index contributed by atoms with van der Waals surface area (Å²) >= 11 is 0. The summed E-state index contributed by atoms with van der Waals surface area (Å²) in [4.78, 5) is 21.0. The largest absolute Gasteiger partial charge is 0.396 e. The molecule has 7 nitrogen and oxygen atoms in total. The molecule has 0 aromatic heterocycles. The van der Waals surface area contributed by atoms with Crippen molar-refractivity contribution in [1.82, 2.24) is 0 Å². The first-order valence-electron chi connectivity index (χ1n) is 5.72. The normalized spacial score (nSPS) is 11.9. The van der Waals surface area contributed by atoms with Gasteiger partial charge in [-0.3, -0.25) is 14.9 Å². The Hall–Kier alpha value is -1.99. The predicted molar refractivity (Wildman–Crippen MR) is 69.5 cm³/mol. The highest BCUT2D eigenvalue weighted by Crippen LogP contribution is 2.26. The van der Waals surface area contributed by atoms with Gasteiger partial charge in [0.05, 0.1) is 17.6 Å². The van der Waals surface area contributed by atoms with Crippen molar-refractivity contribution in [2.24, 2.45) is 0 Å². The quantitative estimate of drug-likeness (QED) is 0.417. The van der Waals surface area contributed by atoms with Gasteiger partial charge in [0.1, 0.15) is 12.0 Å². The second kappa shape index (κ2) is 7.45. The third-order valence-corrected chi connectivity index (χ3v) is 2.56. The number of carbonyl (C=O) groups is 1. The molecular weight excluding hydrogens is 252 g/mol. The average molecular weight is 268 g/mol. The lowest BCUT2D eigenvalue weighted by atomic mass is 10.1. The molecule has 104 valence electrons. The topological polar surface area (TPSA) is 102 Å². The number of hydrogen-bond acceptors (Lipinski definition) is 6.